The van der Waals surface area contributed by atoms with Crippen LogP contribution < -0.4 is 4.74 Å². The fourth-order valence-electron chi connectivity index (χ4n) is 2.56. The lowest BCUT2D eigenvalue weighted by molar-refractivity contribution is -0.0687. The third-order valence-corrected chi connectivity index (χ3v) is 3.58. The first kappa shape index (κ1) is 14.1. The van der Waals surface area contributed by atoms with Gasteiger partial charge in [-0.15, -0.1) is 0 Å². The van der Waals surface area contributed by atoms with Crippen molar-refractivity contribution in [3.05, 3.63) is 23.8 Å². The van der Waals surface area contributed by atoms with Gasteiger partial charge < -0.3 is 20.1 Å². The van der Waals surface area contributed by atoms with Gasteiger partial charge in [-0.2, -0.15) is 0 Å². The van der Waals surface area contributed by atoms with E-state index in [1.54, 1.807) is 12.1 Å². The smallest absolute Gasteiger partial charge is 0.160 e. The van der Waals surface area contributed by atoms with E-state index < -0.39 is 5.60 Å². The summed E-state index contributed by atoms with van der Waals surface area (Å²) in [5, 5.41) is 29.1. The Bertz CT molecular complexity index is 437. The monoisotopic (exact) mass is 267 g/mol. The topological polar surface area (TPSA) is 73.2 Å². The van der Waals surface area contributed by atoms with Gasteiger partial charge in [0.2, 0.25) is 0 Å². The van der Waals surface area contributed by atoms with Crippen molar-refractivity contribution in [2.24, 2.45) is 0 Å². The molecule has 1 atom stereocenters. The van der Waals surface area contributed by atoms with Crippen LogP contribution in [0.3, 0.4) is 0 Å². The SMILES string of the molecule is COc1ccc(CN2CCCC(O)(CO)C2)cc1O. The Hall–Kier alpha value is -1.30. The van der Waals surface area contributed by atoms with Crippen LogP contribution in [0.1, 0.15) is 18.4 Å². The molecule has 1 heterocycles. The Morgan fingerprint density at radius 1 is 1.42 bits per heavy atom. The van der Waals surface area contributed by atoms with E-state index in [0.29, 0.717) is 25.3 Å². The van der Waals surface area contributed by atoms with Crippen molar-refractivity contribution in [3.63, 3.8) is 0 Å². The minimum atomic E-state index is -0.993. The number of piperidine rings is 1. The van der Waals surface area contributed by atoms with Crippen LogP contribution in [0.2, 0.25) is 0 Å². The summed E-state index contributed by atoms with van der Waals surface area (Å²) in [5.41, 5.74) is -0.0345. The number of rotatable bonds is 4. The van der Waals surface area contributed by atoms with E-state index in [1.165, 1.54) is 7.11 Å². The van der Waals surface area contributed by atoms with E-state index in [0.717, 1.165) is 18.5 Å². The molecule has 106 valence electrons. The number of aromatic hydroxyl groups is 1. The zero-order valence-electron chi connectivity index (χ0n) is 11.2. The zero-order chi connectivity index (χ0) is 13.9. The molecule has 1 aromatic carbocycles. The van der Waals surface area contributed by atoms with Crippen LogP contribution >= 0.6 is 0 Å². The Balaban J connectivity index is 2.03. The summed E-state index contributed by atoms with van der Waals surface area (Å²) < 4.78 is 5.00. The maximum atomic E-state index is 10.1. The molecule has 0 spiro atoms. The van der Waals surface area contributed by atoms with Gasteiger partial charge in [-0.25, -0.2) is 0 Å². The lowest BCUT2D eigenvalue weighted by atomic mass is 9.93. The number of β-amino-alcohol motifs (C(OH)–C–C–N with tert-alkyl or cyclic N) is 1. The van der Waals surface area contributed by atoms with Gasteiger partial charge in [-0.1, -0.05) is 6.07 Å². The second-order valence-corrected chi connectivity index (χ2v) is 5.20. The number of nitrogens with zero attached hydrogens (tertiary/aromatic N) is 1. The summed E-state index contributed by atoms with van der Waals surface area (Å²) in [4.78, 5) is 2.08. The van der Waals surface area contributed by atoms with Crippen molar-refractivity contribution >= 4 is 0 Å². The average molecular weight is 267 g/mol. The van der Waals surface area contributed by atoms with Crippen LogP contribution in [0.25, 0.3) is 0 Å². The van der Waals surface area contributed by atoms with E-state index in [-0.39, 0.29) is 12.4 Å². The molecule has 5 nitrogen and oxygen atoms in total. The number of phenols is 1. The molecule has 1 unspecified atom stereocenters. The molecule has 2 rings (SSSR count). The predicted molar refractivity (Wildman–Crippen MR) is 71.2 cm³/mol. The summed E-state index contributed by atoms with van der Waals surface area (Å²) in [6.07, 6.45) is 1.49. The molecule has 1 aliphatic rings. The number of ether oxygens (including phenoxy) is 1. The largest absolute Gasteiger partial charge is 0.504 e. The maximum absolute atomic E-state index is 10.1. The van der Waals surface area contributed by atoms with Gasteiger partial charge in [-0.05, 0) is 37.1 Å². The number of hydrogen-bond donors (Lipinski definition) is 3. The highest BCUT2D eigenvalue weighted by Gasteiger charge is 2.32. The molecule has 5 heteroatoms. The van der Waals surface area contributed by atoms with Crippen molar-refractivity contribution < 1.29 is 20.1 Å². The van der Waals surface area contributed by atoms with E-state index >= 15 is 0 Å². The highest BCUT2D eigenvalue weighted by atomic mass is 16.5. The zero-order valence-corrected chi connectivity index (χ0v) is 11.2. The normalized spacial score (nSPS) is 24.4. The van der Waals surface area contributed by atoms with Gasteiger partial charge in [0, 0.05) is 13.1 Å². The minimum Gasteiger partial charge on any atom is -0.504 e. The first-order valence-electron chi connectivity index (χ1n) is 6.48. The number of likely N-dealkylation sites (tertiary alicyclic amines) is 1. The second-order valence-electron chi connectivity index (χ2n) is 5.20. The number of hydrogen-bond acceptors (Lipinski definition) is 5. The molecule has 1 aromatic rings. The van der Waals surface area contributed by atoms with Crippen molar-refractivity contribution in [3.8, 4) is 11.5 Å². The van der Waals surface area contributed by atoms with Crippen LogP contribution in [0.15, 0.2) is 18.2 Å². The van der Waals surface area contributed by atoms with E-state index in [1.807, 2.05) is 6.07 Å². The Morgan fingerprint density at radius 2 is 2.21 bits per heavy atom. The molecule has 19 heavy (non-hydrogen) atoms. The quantitative estimate of drug-likeness (QED) is 0.749. The van der Waals surface area contributed by atoms with Crippen molar-refractivity contribution in [2.45, 2.75) is 25.0 Å². The summed E-state index contributed by atoms with van der Waals surface area (Å²) in [6, 6.07) is 5.30. The number of methoxy groups -OCH3 is 1. The number of benzene rings is 1. The molecule has 0 aliphatic carbocycles. The number of aliphatic hydroxyl groups excluding tert-OH is 1. The van der Waals surface area contributed by atoms with E-state index in [9.17, 15) is 15.3 Å². The first-order chi connectivity index (χ1) is 9.06. The third kappa shape index (κ3) is 3.37. The molecule has 1 saturated heterocycles. The van der Waals surface area contributed by atoms with Crippen LogP contribution in [0.5, 0.6) is 11.5 Å². The maximum Gasteiger partial charge on any atom is 0.160 e. The van der Waals surface area contributed by atoms with Gasteiger partial charge in [0.1, 0.15) is 5.60 Å². The van der Waals surface area contributed by atoms with Crippen LogP contribution in [0, 0.1) is 0 Å². The standard InChI is InChI=1S/C14H21NO4/c1-19-13-4-3-11(7-12(13)17)8-15-6-2-5-14(18,9-15)10-16/h3-4,7,16-18H,2,5-6,8-10H2,1H3. The van der Waals surface area contributed by atoms with Gasteiger partial charge in [0.05, 0.1) is 13.7 Å². The third-order valence-electron chi connectivity index (χ3n) is 3.58. The Morgan fingerprint density at radius 3 is 2.84 bits per heavy atom. The average Bonchev–Trinajstić information content (AvgIpc) is 2.39. The van der Waals surface area contributed by atoms with Gasteiger partial charge in [0.15, 0.2) is 11.5 Å². The van der Waals surface area contributed by atoms with Crippen LogP contribution in [-0.4, -0.2) is 52.6 Å². The van der Waals surface area contributed by atoms with Gasteiger partial charge >= 0.3 is 0 Å². The molecule has 0 radical (unpaired) electrons. The van der Waals surface area contributed by atoms with E-state index in [2.05, 4.69) is 4.90 Å². The Labute approximate surface area is 113 Å². The summed E-state index contributed by atoms with van der Waals surface area (Å²) in [6.45, 7) is 1.77. The highest BCUT2D eigenvalue weighted by molar-refractivity contribution is 5.41. The lowest BCUT2D eigenvalue weighted by Gasteiger charge is -2.38. The van der Waals surface area contributed by atoms with Gasteiger partial charge in [0.25, 0.3) is 0 Å². The molecule has 1 aliphatic heterocycles. The number of phenolic OH excluding ortho intramolecular Hbond substituents is 1. The molecule has 0 aromatic heterocycles. The Kier molecular flexibility index (Phi) is 4.29. The lowest BCUT2D eigenvalue weighted by Crippen LogP contribution is -2.49. The first-order valence-corrected chi connectivity index (χ1v) is 6.48. The van der Waals surface area contributed by atoms with Crippen LogP contribution in [-0.2, 0) is 6.54 Å². The summed E-state index contributed by atoms with van der Waals surface area (Å²) in [7, 11) is 1.51. The molecule has 3 N–H and O–H groups in total. The second kappa shape index (κ2) is 5.77. The van der Waals surface area contributed by atoms with Crippen molar-refractivity contribution in [1.82, 2.24) is 4.90 Å². The van der Waals surface area contributed by atoms with E-state index in [4.69, 9.17) is 4.74 Å². The molecular weight excluding hydrogens is 246 g/mol. The minimum absolute atomic E-state index is 0.120. The van der Waals surface area contributed by atoms with Crippen LogP contribution in [0.4, 0.5) is 0 Å². The number of aliphatic hydroxyl groups is 2. The summed E-state index contributed by atoms with van der Waals surface area (Å²) in [5.74, 6) is 0.573. The molecule has 0 amide bonds. The highest BCUT2D eigenvalue weighted by Crippen LogP contribution is 2.28. The molecular formula is C14H21NO4. The predicted octanol–water partition coefficient (Wildman–Crippen LogP) is 0.720. The fraction of sp³-hybridized carbons (Fsp3) is 0.571. The molecule has 0 bridgehead atoms. The molecule has 1 fully saturated rings. The van der Waals surface area contributed by atoms with Gasteiger partial charge in [-0.3, -0.25) is 4.90 Å². The molecule has 0 saturated carbocycles. The summed E-state index contributed by atoms with van der Waals surface area (Å²) >= 11 is 0. The fourth-order valence-corrected chi connectivity index (χ4v) is 2.56. The van der Waals surface area contributed by atoms with Crippen molar-refractivity contribution in [1.29, 1.82) is 0 Å². The van der Waals surface area contributed by atoms with Crippen molar-refractivity contribution in [2.75, 3.05) is 26.8 Å².